The number of hydrogen-bond acceptors (Lipinski definition) is 2. The highest BCUT2D eigenvalue weighted by atomic mass is 32.2. The van der Waals surface area contributed by atoms with Gasteiger partial charge in [0.05, 0.1) is 6.61 Å². The molecule has 20 heavy (non-hydrogen) atoms. The van der Waals surface area contributed by atoms with Crippen molar-refractivity contribution in [2.24, 2.45) is 0 Å². The smallest absolute Gasteiger partial charge is 0.360 e. The molecule has 0 fully saturated rings. The molecule has 112 valence electrons. The number of ether oxygens (including phenoxy) is 1. The minimum atomic E-state index is -5.45. The van der Waals surface area contributed by atoms with Gasteiger partial charge in [-0.1, -0.05) is 18.2 Å². The van der Waals surface area contributed by atoms with Crippen LogP contribution in [0.5, 0.6) is 0 Å². The van der Waals surface area contributed by atoms with Crippen LogP contribution in [0.25, 0.3) is 0 Å². The van der Waals surface area contributed by atoms with Gasteiger partial charge in [0.15, 0.2) is 0 Å². The summed E-state index contributed by atoms with van der Waals surface area (Å²) in [6.45, 7) is -0.594. The highest BCUT2D eigenvalue weighted by Crippen LogP contribution is 2.39. The maximum atomic E-state index is 12.3. The van der Waals surface area contributed by atoms with Crippen molar-refractivity contribution >= 4 is 11.8 Å². The van der Waals surface area contributed by atoms with E-state index in [9.17, 15) is 26.3 Å². The highest BCUT2D eigenvalue weighted by molar-refractivity contribution is 8.00. The number of thioether (sulfide) groups is 1. The first-order valence-corrected chi connectivity index (χ1v) is 6.55. The Bertz CT molecular complexity index is 431. The van der Waals surface area contributed by atoms with Gasteiger partial charge in [-0.05, 0) is 18.1 Å². The summed E-state index contributed by atoms with van der Waals surface area (Å²) >= 11 is 1.24. The summed E-state index contributed by atoms with van der Waals surface area (Å²) < 4.78 is 77.9. The van der Waals surface area contributed by atoms with E-state index in [1.807, 2.05) is 0 Å². The topological polar surface area (TPSA) is 9.23 Å². The van der Waals surface area contributed by atoms with Crippen LogP contribution in [0, 0.1) is 0 Å². The molecule has 8 heteroatoms. The predicted octanol–water partition coefficient (Wildman–Crippen LogP) is 4.21. The highest BCUT2D eigenvalue weighted by Gasteiger charge is 2.58. The Morgan fingerprint density at radius 3 is 2.25 bits per heavy atom. The predicted molar refractivity (Wildman–Crippen MR) is 61.6 cm³/mol. The zero-order valence-corrected chi connectivity index (χ0v) is 10.8. The second-order valence-electron chi connectivity index (χ2n) is 4.35. The van der Waals surface area contributed by atoms with Crippen molar-refractivity contribution in [2.75, 3.05) is 6.61 Å². The third kappa shape index (κ3) is 3.60. The van der Waals surface area contributed by atoms with E-state index in [4.69, 9.17) is 0 Å². The van der Waals surface area contributed by atoms with Crippen molar-refractivity contribution in [1.82, 2.24) is 0 Å². The average molecular weight is 316 g/mol. The molecule has 0 bridgehead atoms. The molecule has 0 N–H and O–H groups in total. The molecule has 0 saturated carbocycles. The van der Waals surface area contributed by atoms with Gasteiger partial charge in [0.2, 0.25) is 6.10 Å². The van der Waals surface area contributed by atoms with Crippen molar-refractivity contribution in [2.45, 2.75) is 35.0 Å². The average Bonchev–Trinajstić information content (AvgIpc) is 2.67. The SMILES string of the molecule is FC(F)(F)C(OCC1Cc2ccccc2S1)C(F)(F)F. The lowest BCUT2D eigenvalue weighted by atomic mass is 10.1. The van der Waals surface area contributed by atoms with Crippen LogP contribution >= 0.6 is 11.8 Å². The summed E-state index contributed by atoms with van der Waals surface area (Å²) in [4.78, 5) is 0.872. The first-order chi connectivity index (χ1) is 9.18. The van der Waals surface area contributed by atoms with Crippen LogP contribution in [-0.2, 0) is 11.2 Å². The van der Waals surface area contributed by atoms with Gasteiger partial charge in [-0.15, -0.1) is 11.8 Å². The van der Waals surface area contributed by atoms with Crippen LogP contribution in [0.15, 0.2) is 29.2 Å². The van der Waals surface area contributed by atoms with Gasteiger partial charge in [0, 0.05) is 10.1 Å². The maximum Gasteiger partial charge on any atom is 0.423 e. The fourth-order valence-corrected chi connectivity index (χ4v) is 3.15. The van der Waals surface area contributed by atoms with Crippen LogP contribution in [0.2, 0.25) is 0 Å². The Labute approximate surface area is 115 Å². The molecule has 0 amide bonds. The van der Waals surface area contributed by atoms with Gasteiger partial charge in [-0.3, -0.25) is 0 Å². The Balaban J connectivity index is 1.96. The standard InChI is InChI=1S/C12H10F6OS/c13-11(14,15)10(12(16,17)18)19-6-8-5-7-3-1-2-4-9(7)20-8/h1-4,8,10H,5-6H2. The Hall–Kier alpha value is -0.890. The van der Waals surface area contributed by atoms with Crippen molar-refractivity contribution in [3.05, 3.63) is 29.8 Å². The Kier molecular flexibility index (Phi) is 4.24. The quantitative estimate of drug-likeness (QED) is 0.773. The molecule has 0 aromatic heterocycles. The summed E-state index contributed by atoms with van der Waals surface area (Å²) in [7, 11) is 0. The number of halogens is 6. The van der Waals surface area contributed by atoms with Crippen LogP contribution < -0.4 is 0 Å². The van der Waals surface area contributed by atoms with E-state index in [-0.39, 0.29) is 0 Å². The number of rotatable bonds is 3. The molecular weight excluding hydrogens is 306 g/mol. The fraction of sp³-hybridized carbons (Fsp3) is 0.500. The molecule has 1 unspecified atom stereocenters. The van der Waals surface area contributed by atoms with Gasteiger partial charge in [0.1, 0.15) is 0 Å². The first kappa shape index (κ1) is 15.5. The van der Waals surface area contributed by atoms with E-state index in [2.05, 4.69) is 4.74 Å². The lowest BCUT2D eigenvalue weighted by Gasteiger charge is -2.24. The summed E-state index contributed by atoms with van der Waals surface area (Å²) in [6, 6.07) is 7.12. The van der Waals surface area contributed by atoms with Gasteiger partial charge in [0.25, 0.3) is 0 Å². The third-order valence-corrected chi connectivity index (χ3v) is 4.05. The van der Waals surface area contributed by atoms with E-state index in [1.54, 1.807) is 24.3 Å². The summed E-state index contributed by atoms with van der Waals surface area (Å²) in [5.74, 6) is 0. The maximum absolute atomic E-state index is 12.3. The second-order valence-corrected chi connectivity index (χ2v) is 5.69. The van der Waals surface area contributed by atoms with E-state index >= 15 is 0 Å². The molecule has 1 aromatic carbocycles. The monoisotopic (exact) mass is 316 g/mol. The minimum Gasteiger partial charge on any atom is -0.360 e. The van der Waals surface area contributed by atoms with Crippen LogP contribution in [-0.4, -0.2) is 30.3 Å². The molecule has 1 atom stereocenters. The fourth-order valence-electron chi connectivity index (χ4n) is 1.92. The van der Waals surface area contributed by atoms with Crippen molar-refractivity contribution in [3.8, 4) is 0 Å². The molecule has 0 saturated heterocycles. The lowest BCUT2D eigenvalue weighted by molar-refractivity contribution is -0.321. The molecular formula is C12H10F6OS. The van der Waals surface area contributed by atoms with E-state index in [0.29, 0.717) is 6.42 Å². The minimum absolute atomic E-state index is 0.406. The van der Waals surface area contributed by atoms with E-state index < -0.39 is 30.3 Å². The largest absolute Gasteiger partial charge is 0.423 e. The van der Waals surface area contributed by atoms with Crippen LogP contribution in [0.1, 0.15) is 5.56 Å². The molecule has 1 nitrogen and oxygen atoms in total. The Morgan fingerprint density at radius 2 is 1.70 bits per heavy atom. The molecule has 1 aliphatic rings. The van der Waals surface area contributed by atoms with Crippen LogP contribution in [0.4, 0.5) is 26.3 Å². The molecule has 1 heterocycles. The van der Waals surface area contributed by atoms with Crippen molar-refractivity contribution in [1.29, 1.82) is 0 Å². The second kappa shape index (κ2) is 5.48. The van der Waals surface area contributed by atoms with Gasteiger partial charge in [-0.2, -0.15) is 26.3 Å². The zero-order valence-electron chi connectivity index (χ0n) is 9.96. The number of benzene rings is 1. The first-order valence-electron chi connectivity index (χ1n) is 5.67. The summed E-state index contributed by atoms with van der Waals surface area (Å²) in [6.07, 6.45) is -14.2. The molecule has 0 radical (unpaired) electrons. The Morgan fingerprint density at radius 1 is 1.10 bits per heavy atom. The van der Waals surface area contributed by atoms with Gasteiger partial charge < -0.3 is 4.74 Å². The molecule has 1 aromatic rings. The van der Waals surface area contributed by atoms with Gasteiger partial charge >= 0.3 is 12.4 Å². The van der Waals surface area contributed by atoms with E-state index in [1.165, 1.54) is 11.8 Å². The molecule has 2 rings (SSSR count). The van der Waals surface area contributed by atoms with Crippen molar-refractivity contribution < 1.29 is 31.1 Å². The van der Waals surface area contributed by atoms with Crippen molar-refractivity contribution in [3.63, 3.8) is 0 Å². The molecule has 0 aliphatic carbocycles. The third-order valence-electron chi connectivity index (χ3n) is 2.76. The normalized spacial score (nSPS) is 19.4. The zero-order chi connectivity index (χ0) is 15.0. The summed E-state index contributed by atoms with van der Waals surface area (Å²) in [5.41, 5.74) is 0.918. The van der Waals surface area contributed by atoms with Crippen LogP contribution in [0.3, 0.4) is 0 Å². The lowest BCUT2D eigenvalue weighted by Crippen LogP contribution is -2.45. The number of fused-ring (bicyclic) bond motifs is 1. The molecule has 0 spiro atoms. The van der Waals surface area contributed by atoms with E-state index in [0.717, 1.165) is 10.5 Å². The molecule has 1 aliphatic heterocycles. The summed E-state index contributed by atoms with van der Waals surface area (Å²) in [5, 5.41) is -0.431. The number of hydrogen-bond donors (Lipinski definition) is 0. The van der Waals surface area contributed by atoms with Gasteiger partial charge in [-0.25, -0.2) is 0 Å². The number of alkyl halides is 6.